The van der Waals surface area contributed by atoms with Crippen molar-refractivity contribution in [3.8, 4) is 5.75 Å². The van der Waals surface area contributed by atoms with Crippen LogP contribution < -0.4 is 4.74 Å². The predicted octanol–water partition coefficient (Wildman–Crippen LogP) is 2.62. The van der Waals surface area contributed by atoms with Crippen molar-refractivity contribution in [1.82, 2.24) is 4.90 Å². The molecule has 1 aromatic heterocycles. The van der Waals surface area contributed by atoms with Crippen LogP contribution in [0.1, 0.15) is 21.7 Å². The molecule has 0 amide bonds. The Morgan fingerprint density at radius 2 is 1.95 bits per heavy atom. The SMILES string of the molecule is COc1ccc(CN(C)Cc2ccoc2C(=O)O)cc1. The first-order chi connectivity index (χ1) is 9.60. The van der Waals surface area contributed by atoms with Gasteiger partial charge < -0.3 is 14.3 Å². The molecule has 2 rings (SSSR count). The van der Waals surface area contributed by atoms with E-state index < -0.39 is 5.97 Å². The maximum Gasteiger partial charge on any atom is 0.372 e. The van der Waals surface area contributed by atoms with Gasteiger partial charge in [-0.25, -0.2) is 4.79 Å². The minimum atomic E-state index is -1.04. The molecule has 0 radical (unpaired) electrons. The highest BCUT2D eigenvalue weighted by Gasteiger charge is 2.15. The number of carbonyl (C=O) groups is 1. The third-order valence-electron chi connectivity index (χ3n) is 2.99. The van der Waals surface area contributed by atoms with E-state index in [1.54, 1.807) is 13.2 Å². The molecule has 5 nitrogen and oxygen atoms in total. The van der Waals surface area contributed by atoms with Gasteiger partial charge >= 0.3 is 5.97 Å². The van der Waals surface area contributed by atoms with Gasteiger partial charge in [0, 0.05) is 18.7 Å². The third-order valence-corrected chi connectivity index (χ3v) is 2.99. The zero-order valence-electron chi connectivity index (χ0n) is 11.5. The van der Waals surface area contributed by atoms with E-state index in [2.05, 4.69) is 0 Å². The smallest absolute Gasteiger partial charge is 0.372 e. The molecule has 0 unspecified atom stereocenters. The number of ether oxygens (including phenoxy) is 1. The third kappa shape index (κ3) is 3.39. The summed E-state index contributed by atoms with van der Waals surface area (Å²) < 4.78 is 10.1. The van der Waals surface area contributed by atoms with Crippen LogP contribution in [0.25, 0.3) is 0 Å². The van der Waals surface area contributed by atoms with Crippen molar-refractivity contribution < 1.29 is 19.1 Å². The zero-order valence-corrected chi connectivity index (χ0v) is 11.5. The molecule has 0 aliphatic rings. The Hall–Kier alpha value is -2.27. The number of methoxy groups -OCH3 is 1. The number of benzene rings is 1. The Morgan fingerprint density at radius 1 is 1.25 bits per heavy atom. The highest BCUT2D eigenvalue weighted by atomic mass is 16.5. The standard InChI is InChI=1S/C15H17NO4/c1-16(9-11-3-5-13(19-2)6-4-11)10-12-7-8-20-14(12)15(17)18/h3-8H,9-10H2,1-2H3,(H,17,18). The molecule has 106 valence electrons. The number of furan rings is 1. The summed E-state index contributed by atoms with van der Waals surface area (Å²) in [7, 11) is 3.57. The van der Waals surface area contributed by atoms with E-state index in [0.717, 1.165) is 11.3 Å². The molecule has 20 heavy (non-hydrogen) atoms. The van der Waals surface area contributed by atoms with Crippen molar-refractivity contribution in [3.63, 3.8) is 0 Å². The van der Waals surface area contributed by atoms with Crippen LogP contribution in [0.5, 0.6) is 5.75 Å². The van der Waals surface area contributed by atoms with Crippen LogP contribution in [0.4, 0.5) is 0 Å². The Labute approximate surface area is 117 Å². The summed E-state index contributed by atoms with van der Waals surface area (Å²) in [6.45, 7) is 1.23. The molecule has 0 fully saturated rings. The van der Waals surface area contributed by atoms with Gasteiger partial charge in [0.2, 0.25) is 5.76 Å². The molecule has 0 spiro atoms. The van der Waals surface area contributed by atoms with E-state index in [0.29, 0.717) is 18.7 Å². The van der Waals surface area contributed by atoms with Gasteiger partial charge in [-0.3, -0.25) is 4.90 Å². The second-order valence-electron chi connectivity index (χ2n) is 4.60. The number of nitrogens with zero attached hydrogens (tertiary/aromatic N) is 1. The van der Waals surface area contributed by atoms with Crippen LogP contribution >= 0.6 is 0 Å². The molecule has 0 atom stereocenters. The van der Waals surface area contributed by atoms with Crippen LogP contribution in [-0.2, 0) is 13.1 Å². The van der Waals surface area contributed by atoms with Crippen LogP contribution in [0.3, 0.4) is 0 Å². The van der Waals surface area contributed by atoms with Crippen LogP contribution in [-0.4, -0.2) is 30.1 Å². The topological polar surface area (TPSA) is 62.9 Å². The first-order valence-corrected chi connectivity index (χ1v) is 6.21. The van der Waals surface area contributed by atoms with Crippen molar-refractivity contribution in [1.29, 1.82) is 0 Å². The van der Waals surface area contributed by atoms with E-state index in [-0.39, 0.29) is 5.76 Å². The molecule has 1 N–H and O–H groups in total. The summed E-state index contributed by atoms with van der Waals surface area (Å²) in [4.78, 5) is 13.0. The second kappa shape index (κ2) is 6.25. The average molecular weight is 275 g/mol. The first-order valence-electron chi connectivity index (χ1n) is 6.21. The minimum Gasteiger partial charge on any atom is -0.497 e. The maximum absolute atomic E-state index is 11.0. The molecule has 0 saturated heterocycles. The summed E-state index contributed by atoms with van der Waals surface area (Å²) in [5, 5.41) is 8.99. The van der Waals surface area contributed by atoms with Crippen molar-refractivity contribution >= 4 is 5.97 Å². The Bertz CT molecular complexity index is 574. The van der Waals surface area contributed by atoms with E-state index in [9.17, 15) is 4.79 Å². The lowest BCUT2D eigenvalue weighted by molar-refractivity contribution is 0.0659. The summed E-state index contributed by atoms with van der Waals surface area (Å²) >= 11 is 0. The fraction of sp³-hybridized carbons (Fsp3) is 0.267. The van der Waals surface area contributed by atoms with Gasteiger partial charge in [-0.1, -0.05) is 12.1 Å². The first kappa shape index (κ1) is 14.1. The van der Waals surface area contributed by atoms with Gasteiger partial charge in [-0.2, -0.15) is 0 Å². The second-order valence-corrected chi connectivity index (χ2v) is 4.60. The van der Waals surface area contributed by atoms with Gasteiger partial charge in [-0.15, -0.1) is 0 Å². The fourth-order valence-electron chi connectivity index (χ4n) is 2.04. The Kier molecular flexibility index (Phi) is 4.42. The monoisotopic (exact) mass is 275 g/mol. The maximum atomic E-state index is 11.0. The zero-order chi connectivity index (χ0) is 14.5. The summed E-state index contributed by atoms with van der Waals surface area (Å²) in [6.07, 6.45) is 1.40. The van der Waals surface area contributed by atoms with Gasteiger partial charge in [0.1, 0.15) is 5.75 Å². The number of carboxylic acids is 1. The predicted molar refractivity (Wildman–Crippen MR) is 73.8 cm³/mol. The normalized spacial score (nSPS) is 10.8. The molecule has 5 heteroatoms. The van der Waals surface area contributed by atoms with E-state index in [1.165, 1.54) is 6.26 Å². The van der Waals surface area contributed by atoms with Crippen molar-refractivity contribution in [2.45, 2.75) is 13.1 Å². The van der Waals surface area contributed by atoms with Gasteiger partial charge in [0.25, 0.3) is 0 Å². The Balaban J connectivity index is 1.99. The molecule has 0 aliphatic carbocycles. The van der Waals surface area contributed by atoms with Crippen LogP contribution in [0.2, 0.25) is 0 Å². The number of carboxylic acid groups (broad SMARTS) is 1. The minimum absolute atomic E-state index is 0.00609. The number of hydrogen-bond donors (Lipinski definition) is 1. The fourth-order valence-corrected chi connectivity index (χ4v) is 2.04. The highest BCUT2D eigenvalue weighted by molar-refractivity contribution is 5.86. The molecular formula is C15H17NO4. The number of rotatable bonds is 6. The molecule has 0 aliphatic heterocycles. The lowest BCUT2D eigenvalue weighted by Crippen LogP contribution is -2.18. The summed E-state index contributed by atoms with van der Waals surface area (Å²) in [5.74, 6) is -0.214. The Morgan fingerprint density at radius 3 is 2.55 bits per heavy atom. The highest BCUT2D eigenvalue weighted by Crippen LogP contribution is 2.16. The lowest BCUT2D eigenvalue weighted by atomic mass is 10.2. The molecule has 1 heterocycles. The van der Waals surface area contributed by atoms with Crippen LogP contribution in [0.15, 0.2) is 41.0 Å². The molecule has 1 aromatic carbocycles. The molecular weight excluding hydrogens is 258 g/mol. The van der Waals surface area contributed by atoms with Crippen molar-refractivity contribution in [2.75, 3.05) is 14.2 Å². The summed E-state index contributed by atoms with van der Waals surface area (Å²) in [6, 6.07) is 9.48. The van der Waals surface area contributed by atoms with Gasteiger partial charge in [0.05, 0.1) is 13.4 Å². The lowest BCUT2D eigenvalue weighted by Gasteiger charge is -2.16. The summed E-state index contributed by atoms with van der Waals surface area (Å²) in [5.41, 5.74) is 1.81. The van der Waals surface area contributed by atoms with E-state index >= 15 is 0 Å². The number of hydrogen-bond acceptors (Lipinski definition) is 4. The largest absolute Gasteiger partial charge is 0.497 e. The quantitative estimate of drug-likeness (QED) is 0.878. The molecule has 0 bridgehead atoms. The van der Waals surface area contributed by atoms with Crippen molar-refractivity contribution in [2.24, 2.45) is 0 Å². The molecule has 2 aromatic rings. The van der Waals surface area contributed by atoms with Gasteiger partial charge in [0.15, 0.2) is 0 Å². The average Bonchev–Trinajstić information content (AvgIpc) is 2.87. The molecule has 0 saturated carbocycles. The van der Waals surface area contributed by atoms with E-state index in [4.69, 9.17) is 14.3 Å². The van der Waals surface area contributed by atoms with Gasteiger partial charge in [-0.05, 0) is 30.8 Å². The van der Waals surface area contributed by atoms with Crippen LogP contribution in [0, 0.1) is 0 Å². The van der Waals surface area contributed by atoms with Crippen molar-refractivity contribution in [3.05, 3.63) is 53.5 Å². The van der Waals surface area contributed by atoms with E-state index in [1.807, 2.05) is 36.2 Å². The number of aromatic carboxylic acids is 1.